The minimum atomic E-state index is -0.560. The van der Waals surface area contributed by atoms with Gasteiger partial charge in [-0.3, -0.25) is 9.69 Å². The zero-order valence-corrected chi connectivity index (χ0v) is 17.2. The average molecular weight is 422 g/mol. The van der Waals surface area contributed by atoms with E-state index in [0.29, 0.717) is 47.9 Å². The molecule has 1 amide bonds. The third-order valence-electron chi connectivity index (χ3n) is 5.70. The molecule has 0 saturated carbocycles. The van der Waals surface area contributed by atoms with Crippen LogP contribution in [0, 0.1) is 0 Å². The van der Waals surface area contributed by atoms with Gasteiger partial charge in [-0.1, -0.05) is 11.6 Å². The van der Waals surface area contributed by atoms with E-state index in [2.05, 4.69) is 15.2 Å². The van der Waals surface area contributed by atoms with Gasteiger partial charge in [0.05, 0.1) is 32.1 Å². The van der Waals surface area contributed by atoms with Crippen molar-refractivity contribution in [1.82, 2.24) is 9.88 Å². The molecule has 1 unspecified atom stereocenters. The maximum atomic E-state index is 13.0. The zero-order valence-electron chi connectivity index (χ0n) is 16.4. The minimum Gasteiger partial charge on any atom is -0.464 e. The van der Waals surface area contributed by atoms with E-state index >= 15 is 0 Å². The van der Waals surface area contributed by atoms with Gasteiger partial charge >= 0.3 is 5.97 Å². The summed E-state index contributed by atoms with van der Waals surface area (Å²) in [5.41, 5.74) is 1.26. The molecule has 8 nitrogen and oxygen atoms in total. The summed E-state index contributed by atoms with van der Waals surface area (Å²) in [6.45, 7) is 4.48. The molecule has 0 radical (unpaired) electrons. The summed E-state index contributed by atoms with van der Waals surface area (Å²) in [5, 5.41) is 4.07. The molecule has 2 N–H and O–H groups in total. The molecule has 2 aromatic rings. The van der Waals surface area contributed by atoms with Crippen LogP contribution >= 0.6 is 11.6 Å². The third kappa shape index (κ3) is 3.85. The van der Waals surface area contributed by atoms with E-state index in [1.807, 2.05) is 6.92 Å². The fourth-order valence-corrected chi connectivity index (χ4v) is 4.15. The van der Waals surface area contributed by atoms with Crippen molar-refractivity contribution in [1.29, 1.82) is 0 Å². The number of carbonyl (C=O) groups is 2. The number of H-pyrrole nitrogens is 1. The molecule has 1 atom stereocenters. The predicted molar refractivity (Wildman–Crippen MR) is 108 cm³/mol. The van der Waals surface area contributed by atoms with Gasteiger partial charge in [0.25, 0.3) is 0 Å². The molecule has 3 heterocycles. The Hall–Kier alpha value is -2.13. The maximum Gasteiger partial charge on any atom is 0.356 e. The lowest BCUT2D eigenvalue weighted by atomic mass is 10.0. The van der Waals surface area contributed by atoms with Crippen LogP contribution in [0.1, 0.15) is 30.3 Å². The number of aromatic amines is 1. The Morgan fingerprint density at radius 1 is 1.28 bits per heavy atom. The first-order valence-corrected chi connectivity index (χ1v) is 10.0. The van der Waals surface area contributed by atoms with E-state index in [4.69, 9.17) is 25.8 Å². The van der Waals surface area contributed by atoms with Crippen molar-refractivity contribution in [2.75, 3.05) is 38.7 Å². The van der Waals surface area contributed by atoms with Crippen molar-refractivity contribution >= 4 is 40.1 Å². The number of ether oxygens (including phenoxy) is 3. The highest BCUT2D eigenvalue weighted by Gasteiger charge is 2.41. The van der Waals surface area contributed by atoms with E-state index in [1.54, 1.807) is 18.2 Å². The highest BCUT2D eigenvalue weighted by molar-refractivity contribution is 6.31. The number of benzene rings is 1. The SMILES string of the molecule is COC(=O)c1[nH]c2ccc(Cl)cc2c1NC(=O)C(C)N1CCC2(CC1)OCCO2. The van der Waals surface area contributed by atoms with Crippen molar-refractivity contribution in [3.63, 3.8) is 0 Å². The number of carbonyl (C=O) groups excluding carboxylic acids is 2. The standard InChI is InChI=1S/C20H24ClN3O5/c1-12(24-7-5-20(6-8-24)28-9-10-29-20)18(25)23-16-14-11-13(21)3-4-15(14)22-17(16)19(26)27-2/h3-4,11-12,22H,5-10H2,1-2H3,(H,23,25). The van der Waals surface area contributed by atoms with Gasteiger partial charge in [0.15, 0.2) is 5.79 Å². The average Bonchev–Trinajstić information content (AvgIpc) is 3.32. The Balaban J connectivity index is 1.52. The van der Waals surface area contributed by atoms with Crippen molar-refractivity contribution in [3.8, 4) is 0 Å². The first-order chi connectivity index (χ1) is 13.9. The number of hydrogen-bond donors (Lipinski definition) is 2. The molecule has 0 bridgehead atoms. The largest absolute Gasteiger partial charge is 0.464 e. The molecule has 1 spiro atoms. The molecule has 2 aliphatic rings. The lowest BCUT2D eigenvalue weighted by Gasteiger charge is -2.39. The second-order valence-electron chi connectivity index (χ2n) is 7.37. The summed E-state index contributed by atoms with van der Waals surface area (Å²) in [4.78, 5) is 30.3. The fraction of sp³-hybridized carbons (Fsp3) is 0.500. The Bertz CT molecular complexity index is 928. The van der Waals surface area contributed by atoms with E-state index in [0.717, 1.165) is 12.8 Å². The molecule has 4 rings (SSSR count). The van der Waals surface area contributed by atoms with Gasteiger partial charge in [-0.2, -0.15) is 0 Å². The number of amides is 1. The quantitative estimate of drug-likeness (QED) is 0.737. The third-order valence-corrected chi connectivity index (χ3v) is 5.93. The van der Waals surface area contributed by atoms with Crippen molar-refractivity contribution < 1.29 is 23.8 Å². The highest BCUT2D eigenvalue weighted by Crippen LogP contribution is 2.33. The van der Waals surface area contributed by atoms with Crippen molar-refractivity contribution in [2.45, 2.75) is 31.6 Å². The second kappa shape index (κ2) is 7.95. The van der Waals surface area contributed by atoms with E-state index in [1.165, 1.54) is 7.11 Å². The number of likely N-dealkylation sites (tertiary alicyclic amines) is 1. The first-order valence-electron chi connectivity index (χ1n) is 9.65. The minimum absolute atomic E-state index is 0.190. The number of esters is 1. The molecular formula is C20H24ClN3O5. The van der Waals surface area contributed by atoms with E-state index in [-0.39, 0.29) is 17.6 Å². The number of aromatic nitrogens is 1. The van der Waals surface area contributed by atoms with Gasteiger partial charge in [0, 0.05) is 41.9 Å². The van der Waals surface area contributed by atoms with Crippen LogP contribution in [-0.2, 0) is 19.0 Å². The summed E-state index contributed by atoms with van der Waals surface area (Å²) in [6, 6.07) is 4.80. The first kappa shape index (κ1) is 20.2. The van der Waals surface area contributed by atoms with Gasteiger partial charge < -0.3 is 24.5 Å². The predicted octanol–water partition coefficient (Wildman–Crippen LogP) is 2.77. The molecule has 9 heteroatoms. The van der Waals surface area contributed by atoms with Gasteiger partial charge in [-0.25, -0.2) is 4.79 Å². The van der Waals surface area contributed by atoms with Crippen LogP contribution in [0.15, 0.2) is 18.2 Å². The maximum absolute atomic E-state index is 13.0. The highest BCUT2D eigenvalue weighted by atomic mass is 35.5. The zero-order chi connectivity index (χ0) is 20.6. The summed E-state index contributed by atoms with van der Waals surface area (Å²) in [5.74, 6) is -1.26. The molecule has 2 saturated heterocycles. The summed E-state index contributed by atoms with van der Waals surface area (Å²) < 4.78 is 16.4. The Kier molecular flexibility index (Phi) is 5.52. The van der Waals surface area contributed by atoms with Gasteiger partial charge in [0.1, 0.15) is 5.69 Å². The van der Waals surface area contributed by atoms with Crippen molar-refractivity contribution in [2.24, 2.45) is 0 Å². The number of nitrogens with zero attached hydrogens (tertiary/aromatic N) is 1. The molecule has 2 fully saturated rings. The van der Waals surface area contributed by atoms with Crippen LogP contribution in [0.5, 0.6) is 0 Å². The lowest BCUT2D eigenvalue weighted by molar-refractivity contribution is -0.187. The van der Waals surface area contributed by atoms with Crippen molar-refractivity contribution in [3.05, 3.63) is 28.9 Å². The number of fused-ring (bicyclic) bond motifs is 1. The van der Waals surface area contributed by atoms with Crippen LogP contribution in [0.4, 0.5) is 5.69 Å². The van der Waals surface area contributed by atoms with Gasteiger partial charge in [-0.05, 0) is 25.1 Å². The van der Waals surface area contributed by atoms with Crippen LogP contribution in [0.2, 0.25) is 5.02 Å². The number of halogens is 1. The second-order valence-corrected chi connectivity index (χ2v) is 7.80. The molecule has 0 aliphatic carbocycles. The number of methoxy groups -OCH3 is 1. The topological polar surface area (TPSA) is 92.9 Å². The van der Waals surface area contributed by atoms with E-state index in [9.17, 15) is 9.59 Å². The molecular weight excluding hydrogens is 398 g/mol. The fourth-order valence-electron chi connectivity index (χ4n) is 3.98. The number of anilines is 1. The van der Waals surface area contributed by atoms with Crippen LogP contribution in [-0.4, -0.2) is 67.0 Å². The summed E-state index contributed by atoms with van der Waals surface area (Å²) in [7, 11) is 1.30. The number of piperidine rings is 1. The van der Waals surface area contributed by atoms with Crippen LogP contribution in [0.25, 0.3) is 10.9 Å². The lowest BCUT2D eigenvalue weighted by Crippen LogP contribution is -2.51. The van der Waals surface area contributed by atoms with Crippen LogP contribution < -0.4 is 5.32 Å². The molecule has 156 valence electrons. The van der Waals surface area contributed by atoms with Gasteiger partial charge in [-0.15, -0.1) is 0 Å². The number of rotatable bonds is 4. The summed E-state index contributed by atoms with van der Waals surface area (Å²) in [6.07, 6.45) is 1.45. The number of nitrogens with one attached hydrogen (secondary N) is 2. The molecule has 29 heavy (non-hydrogen) atoms. The molecule has 2 aliphatic heterocycles. The molecule has 1 aromatic heterocycles. The van der Waals surface area contributed by atoms with Crippen LogP contribution in [0.3, 0.4) is 0 Å². The monoisotopic (exact) mass is 421 g/mol. The smallest absolute Gasteiger partial charge is 0.356 e. The van der Waals surface area contributed by atoms with Gasteiger partial charge in [0.2, 0.25) is 5.91 Å². The Morgan fingerprint density at radius 2 is 1.97 bits per heavy atom. The van der Waals surface area contributed by atoms with E-state index < -0.39 is 11.8 Å². The molecule has 1 aromatic carbocycles. The number of hydrogen-bond acceptors (Lipinski definition) is 6. The Morgan fingerprint density at radius 3 is 2.62 bits per heavy atom. The summed E-state index contributed by atoms with van der Waals surface area (Å²) >= 11 is 6.12. The Labute approximate surface area is 173 Å². The normalized spacial score (nSPS) is 20.1.